The van der Waals surface area contributed by atoms with Crippen LogP contribution in [0.2, 0.25) is 5.02 Å². The van der Waals surface area contributed by atoms with Crippen LogP contribution in [0.3, 0.4) is 0 Å². The summed E-state index contributed by atoms with van der Waals surface area (Å²) in [5.41, 5.74) is 0.794. The first kappa shape index (κ1) is 17.0. The van der Waals surface area contributed by atoms with E-state index >= 15 is 0 Å². The van der Waals surface area contributed by atoms with Crippen LogP contribution < -0.4 is 9.47 Å². The molecule has 0 aliphatic rings. The molecular weight excluding hydrogens is 363 g/mol. The smallest absolute Gasteiger partial charge is 0.422 e. The van der Waals surface area contributed by atoms with Crippen molar-refractivity contribution in [3.05, 3.63) is 47.4 Å². The SMILES string of the molecule is O=Cc1cc2cc(Oc3ncc(Cl)cc3OCC(F)(F)F)ccn2n1. The second-order valence-corrected chi connectivity index (χ2v) is 5.32. The molecule has 3 heterocycles. The second kappa shape index (κ2) is 6.60. The van der Waals surface area contributed by atoms with E-state index in [1.165, 1.54) is 35.1 Å². The lowest BCUT2D eigenvalue weighted by atomic mass is 10.3. The number of carbonyl (C=O) groups is 1. The maximum absolute atomic E-state index is 12.4. The highest BCUT2D eigenvalue weighted by Crippen LogP contribution is 2.33. The van der Waals surface area contributed by atoms with Crippen molar-refractivity contribution in [3.63, 3.8) is 0 Å². The van der Waals surface area contributed by atoms with E-state index in [9.17, 15) is 18.0 Å². The lowest BCUT2D eigenvalue weighted by Gasteiger charge is -2.13. The highest BCUT2D eigenvalue weighted by atomic mass is 35.5. The lowest BCUT2D eigenvalue weighted by Crippen LogP contribution is -2.19. The molecule has 0 aromatic carbocycles. The van der Waals surface area contributed by atoms with Gasteiger partial charge in [0.15, 0.2) is 18.6 Å². The zero-order valence-corrected chi connectivity index (χ0v) is 13.1. The van der Waals surface area contributed by atoms with Crippen molar-refractivity contribution in [2.24, 2.45) is 0 Å². The summed E-state index contributed by atoms with van der Waals surface area (Å²) in [6, 6.07) is 5.76. The van der Waals surface area contributed by atoms with Gasteiger partial charge in [-0.1, -0.05) is 11.6 Å². The van der Waals surface area contributed by atoms with Crippen LogP contribution in [0.25, 0.3) is 5.52 Å². The van der Waals surface area contributed by atoms with Crippen LogP contribution in [0.15, 0.2) is 36.7 Å². The van der Waals surface area contributed by atoms with Crippen molar-refractivity contribution in [2.75, 3.05) is 6.61 Å². The van der Waals surface area contributed by atoms with Crippen LogP contribution in [0, 0.1) is 0 Å². The fourth-order valence-corrected chi connectivity index (χ4v) is 2.12. The van der Waals surface area contributed by atoms with Gasteiger partial charge in [-0.2, -0.15) is 18.3 Å². The normalized spacial score (nSPS) is 11.5. The van der Waals surface area contributed by atoms with Gasteiger partial charge >= 0.3 is 6.18 Å². The van der Waals surface area contributed by atoms with Crippen molar-refractivity contribution in [1.82, 2.24) is 14.6 Å². The number of ether oxygens (including phenoxy) is 2. The van der Waals surface area contributed by atoms with Crippen molar-refractivity contribution >= 4 is 23.4 Å². The molecule has 0 unspecified atom stereocenters. The van der Waals surface area contributed by atoms with Gasteiger partial charge in [-0.05, 0) is 12.1 Å². The Morgan fingerprint density at radius 3 is 2.80 bits per heavy atom. The Labute approximate surface area is 143 Å². The number of hydrogen-bond donors (Lipinski definition) is 0. The van der Waals surface area contributed by atoms with Gasteiger partial charge in [0.05, 0.1) is 10.5 Å². The minimum absolute atomic E-state index is 0.103. The number of aldehydes is 1. The molecule has 0 saturated heterocycles. The van der Waals surface area contributed by atoms with Crippen LogP contribution >= 0.6 is 11.6 Å². The number of fused-ring (bicyclic) bond motifs is 1. The molecule has 0 atom stereocenters. The van der Waals surface area contributed by atoms with E-state index in [2.05, 4.69) is 10.1 Å². The molecule has 0 radical (unpaired) electrons. The quantitative estimate of drug-likeness (QED) is 0.636. The van der Waals surface area contributed by atoms with Gasteiger partial charge in [-0.15, -0.1) is 0 Å². The molecule has 0 N–H and O–H groups in total. The zero-order valence-electron chi connectivity index (χ0n) is 12.3. The first-order valence-corrected chi connectivity index (χ1v) is 7.19. The number of carbonyl (C=O) groups excluding carboxylic acids is 1. The summed E-state index contributed by atoms with van der Waals surface area (Å²) in [5, 5.41) is 4.08. The topological polar surface area (TPSA) is 65.7 Å². The fraction of sp³-hybridized carbons (Fsp3) is 0.133. The molecule has 0 aliphatic heterocycles. The average molecular weight is 372 g/mol. The van der Waals surface area contributed by atoms with Gasteiger partial charge in [0.1, 0.15) is 11.4 Å². The summed E-state index contributed by atoms with van der Waals surface area (Å²) in [7, 11) is 0. The van der Waals surface area contributed by atoms with E-state index in [-0.39, 0.29) is 28.1 Å². The lowest BCUT2D eigenvalue weighted by molar-refractivity contribution is -0.153. The number of hydrogen-bond acceptors (Lipinski definition) is 5. The molecule has 3 aromatic rings. The Balaban J connectivity index is 1.87. The molecule has 0 bridgehead atoms. The third-order valence-corrected chi connectivity index (χ3v) is 3.17. The molecule has 3 aromatic heterocycles. The molecular formula is C15H9ClF3N3O3. The number of pyridine rings is 2. The Kier molecular flexibility index (Phi) is 4.49. The van der Waals surface area contributed by atoms with Crippen LogP contribution in [0.5, 0.6) is 17.4 Å². The highest BCUT2D eigenvalue weighted by Gasteiger charge is 2.29. The highest BCUT2D eigenvalue weighted by molar-refractivity contribution is 6.30. The fourth-order valence-electron chi connectivity index (χ4n) is 1.97. The maximum atomic E-state index is 12.4. The van der Waals surface area contributed by atoms with Crippen LogP contribution in [0.4, 0.5) is 13.2 Å². The maximum Gasteiger partial charge on any atom is 0.422 e. The van der Waals surface area contributed by atoms with Crippen LogP contribution in [-0.4, -0.2) is 33.7 Å². The van der Waals surface area contributed by atoms with E-state index in [1.54, 1.807) is 6.07 Å². The predicted molar refractivity (Wildman–Crippen MR) is 81.5 cm³/mol. The first-order valence-electron chi connectivity index (χ1n) is 6.81. The summed E-state index contributed by atoms with van der Waals surface area (Å²) < 4.78 is 48.7. The van der Waals surface area contributed by atoms with E-state index in [1.807, 2.05) is 0 Å². The van der Waals surface area contributed by atoms with Gasteiger partial charge in [-0.25, -0.2) is 9.50 Å². The summed E-state index contributed by atoms with van der Waals surface area (Å²) in [5.74, 6) is -0.142. The van der Waals surface area contributed by atoms with E-state index in [0.29, 0.717) is 11.8 Å². The molecule has 6 nitrogen and oxygen atoms in total. The second-order valence-electron chi connectivity index (χ2n) is 4.88. The number of alkyl halides is 3. The zero-order chi connectivity index (χ0) is 18.0. The van der Waals surface area contributed by atoms with Gasteiger partial charge in [0.2, 0.25) is 0 Å². The molecule has 0 saturated carbocycles. The third kappa shape index (κ3) is 4.18. The number of nitrogens with zero attached hydrogens (tertiary/aromatic N) is 3. The monoisotopic (exact) mass is 371 g/mol. The van der Waals surface area contributed by atoms with Crippen LogP contribution in [0.1, 0.15) is 10.5 Å². The predicted octanol–water partition coefficient (Wildman–Crippen LogP) is 3.93. The third-order valence-electron chi connectivity index (χ3n) is 2.97. The largest absolute Gasteiger partial charge is 0.478 e. The Bertz CT molecular complexity index is 927. The van der Waals surface area contributed by atoms with Gasteiger partial charge in [-0.3, -0.25) is 4.79 Å². The summed E-state index contributed by atoms with van der Waals surface area (Å²) in [6.07, 6.45) is -1.16. The summed E-state index contributed by atoms with van der Waals surface area (Å²) in [4.78, 5) is 14.6. The van der Waals surface area contributed by atoms with Crippen molar-refractivity contribution in [2.45, 2.75) is 6.18 Å². The Morgan fingerprint density at radius 2 is 2.08 bits per heavy atom. The van der Waals surface area contributed by atoms with E-state index in [0.717, 1.165) is 0 Å². The summed E-state index contributed by atoms with van der Waals surface area (Å²) in [6.45, 7) is -1.50. The standard InChI is InChI=1S/C15H9ClF3N3O3/c16-9-3-13(24-8-15(17,18)19)14(20-6-9)25-12-1-2-22-11(5-12)4-10(7-23)21-22/h1-7H,8H2. The van der Waals surface area contributed by atoms with E-state index < -0.39 is 12.8 Å². The molecule has 0 fully saturated rings. The van der Waals surface area contributed by atoms with E-state index in [4.69, 9.17) is 21.1 Å². The van der Waals surface area contributed by atoms with Crippen LogP contribution in [-0.2, 0) is 0 Å². The molecule has 0 amide bonds. The number of halogens is 4. The number of aromatic nitrogens is 3. The average Bonchev–Trinajstić information content (AvgIpc) is 2.96. The molecule has 3 rings (SSSR count). The van der Waals surface area contributed by atoms with Crippen molar-refractivity contribution in [1.29, 1.82) is 0 Å². The van der Waals surface area contributed by atoms with Gasteiger partial charge < -0.3 is 9.47 Å². The molecule has 25 heavy (non-hydrogen) atoms. The molecule has 130 valence electrons. The molecule has 0 spiro atoms. The summed E-state index contributed by atoms with van der Waals surface area (Å²) >= 11 is 5.74. The van der Waals surface area contributed by atoms with Crippen molar-refractivity contribution < 1.29 is 27.4 Å². The minimum Gasteiger partial charge on any atom is -0.478 e. The Hall–Kier alpha value is -2.81. The molecule has 10 heteroatoms. The van der Waals surface area contributed by atoms with Gasteiger partial charge in [0, 0.05) is 24.5 Å². The minimum atomic E-state index is -4.51. The first-order chi connectivity index (χ1) is 11.8. The van der Waals surface area contributed by atoms with Crippen molar-refractivity contribution in [3.8, 4) is 17.4 Å². The van der Waals surface area contributed by atoms with Gasteiger partial charge in [0.25, 0.3) is 5.88 Å². The number of rotatable bonds is 5. The molecule has 0 aliphatic carbocycles. The Morgan fingerprint density at radius 1 is 1.28 bits per heavy atom.